The Morgan fingerprint density at radius 1 is 0.692 bits per heavy atom. The van der Waals surface area contributed by atoms with E-state index in [1.165, 1.54) is 11.5 Å². The molecule has 3 rings (SSSR count). The topological polar surface area (TPSA) is 58.2 Å². The predicted octanol–water partition coefficient (Wildman–Crippen LogP) is 3.74. The Labute approximate surface area is 168 Å². The molecule has 3 aliphatic rings. The number of thioether (sulfide) groups is 2. The van der Waals surface area contributed by atoms with E-state index in [4.69, 9.17) is 0 Å². The van der Waals surface area contributed by atoms with E-state index in [2.05, 4.69) is 61.9 Å². The number of Topliss-reactive ketones (excluding diaryl/α,β-unsaturated/α-hetero) is 2. The molecule has 0 saturated carbocycles. The van der Waals surface area contributed by atoms with E-state index in [-0.39, 0.29) is 11.8 Å². The number of piperidine rings is 2. The molecule has 3 saturated heterocycles. The number of carbonyl (C=O) groups is 2. The fourth-order valence-electron chi connectivity index (χ4n) is 3.26. The van der Waals surface area contributed by atoms with E-state index < -0.39 is 0 Å². The minimum absolute atomic E-state index is 0.279. The number of ketones is 2. The average Bonchev–Trinajstić information content (AvgIpc) is 2.56. The van der Waals surface area contributed by atoms with Gasteiger partial charge in [-0.2, -0.15) is 0 Å². The highest BCUT2D eigenvalue weighted by atomic mass is 32.2. The third kappa shape index (κ3) is 9.77. The minimum Gasteiger partial charge on any atom is -0.307 e. The van der Waals surface area contributed by atoms with Gasteiger partial charge in [-0.25, -0.2) is 0 Å². The highest BCUT2D eigenvalue weighted by molar-refractivity contribution is 8.17. The van der Waals surface area contributed by atoms with Gasteiger partial charge >= 0.3 is 0 Å². The molecule has 3 fully saturated rings. The van der Waals surface area contributed by atoms with Crippen LogP contribution in [-0.4, -0.2) is 52.3 Å². The van der Waals surface area contributed by atoms with Crippen LogP contribution in [0, 0.1) is 11.8 Å². The fraction of sp³-hybridized carbons (Fsp3) is 0.900. The molecular weight excluding hydrogens is 364 g/mol. The van der Waals surface area contributed by atoms with Gasteiger partial charge in [0.05, 0.1) is 13.1 Å². The van der Waals surface area contributed by atoms with Crippen LogP contribution in [0.1, 0.15) is 60.8 Å². The molecule has 6 atom stereocenters. The molecule has 0 amide bonds. The first-order valence-corrected chi connectivity index (χ1v) is 12.0. The number of carbonyl (C=O) groups excluding carboxylic acids is 2. The summed E-state index contributed by atoms with van der Waals surface area (Å²) in [6.45, 7) is 14.0. The van der Waals surface area contributed by atoms with Crippen molar-refractivity contribution >= 4 is 35.1 Å². The molecule has 26 heavy (non-hydrogen) atoms. The Morgan fingerprint density at radius 2 is 1.08 bits per heavy atom. The van der Waals surface area contributed by atoms with Gasteiger partial charge in [-0.15, -0.1) is 23.5 Å². The molecule has 3 aliphatic heterocycles. The second kappa shape index (κ2) is 12.4. The van der Waals surface area contributed by atoms with Crippen LogP contribution in [0.2, 0.25) is 0 Å². The zero-order chi connectivity index (χ0) is 19.7. The zero-order valence-corrected chi connectivity index (χ0v) is 19.0. The molecule has 0 radical (unpaired) electrons. The second-order valence-corrected chi connectivity index (χ2v) is 11.3. The summed E-state index contributed by atoms with van der Waals surface area (Å²) < 4.78 is 0. The lowest BCUT2D eigenvalue weighted by Gasteiger charge is -2.23. The minimum atomic E-state index is 0.279. The summed E-state index contributed by atoms with van der Waals surface area (Å²) in [4.78, 5) is 21.8. The van der Waals surface area contributed by atoms with Crippen molar-refractivity contribution in [2.24, 2.45) is 11.8 Å². The Bertz CT molecular complexity index is 410. The van der Waals surface area contributed by atoms with Crippen LogP contribution in [0.25, 0.3) is 0 Å². The van der Waals surface area contributed by atoms with Gasteiger partial charge < -0.3 is 10.6 Å². The maximum absolute atomic E-state index is 10.9. The zero-order valence-electron chi connectivity index (χ0n) is 17.3. The summed E-state index contributed by atoms with van der Waals surface area (Å²) in [7, 11) is 0. The third-order valence-electron chi connectivity index (χ3n) is 5.13. The van der Waals surface area contributed by atoms with Crippen molar-refractivity contribution in [3.63, 3.8) is 0 Å². The van der Waals surface area contributed by atoms with Gasteiger partial charge in [-0.3, -0.25) is 9.59 Å². The van der Waals surface area contributed by atoms with Crippen molar-refractivity contribution < 1.29 is 9.59 Å². The lowest BCUT2D eigenvalue weighted by molar-refractivity contribution is -0.124. The summed E-state index contributed by atoms with van der Waals surface area (Å²) >= 11 is 4.17. The van der Waals surface area contributed by atoms with Crippen LogP contribution in [-0.2, 0) is 9.59 Å². The van der Waals surface area contributed by atoms with Gasteiger partial charge in [0.2, 0.25) is 0 Å². The maximum atomic E-state index is 10.9. The molecule has 0 aromatic carbocycles. The predicted molar refractivity (Wildman–Crippen MR) is 116 cm³/mol. The van der Waals surface area contributed by atoms with Crippen LogP contribution in [0.15, 0.2) is 0 Å². The Balaban J connectivity index is 0.000000195. The van der Waals surface area contributed by atoms with Crippen LogP contribution in [0.5, 0.6) is 0 Å². The standard InChI is InChI=1S/2C7H13NO.C6H12S2/c2*1-5-3-6(2)8-4-7(5)9;1-5-3-6(2)8-4-7-5/h2*5-6,8H,3-4H2,1-2H3;5-6H,3-4H2,1-2H3. The van der Waals surface area contributed by atoms with Crippen molar-refractivity contribution in [2.45, 2.75) is 83.4 Å². The number of nitrogens with one attached hydrogen (secondary N) is 2. The van der Waals surface area contributed by atoms with Gasteiger partial charge in [-0.1, -0.05) is 27.7 Å². The Kier molecular flexibility index (Phi) is 11.5. The SMILES string of the molecule is CC1CC(C)C(=O)CN1.CC1CC(C)C(=O)CN1.CC1CC(C)SCS1. The van der Waals surface area contributed by atoms with Crippen LogP contribution in [0.4, 0.5) is 0 Å². The van der Waals surface area contributed by atoms with Crippen molar-refractivity contribution in [3.8, 4) is 0 Å². The van der Waals surface area contributed by atoms with Crippen LogP contribution in [0.3, 0.4) is 0 Å². The second-order valence-electron chi connectivity index (χ2n) is 8.08. The molecule has 0 bridgehead atoms. The van der Waals surface area contributed by atoms with E-state index in [9.17, 15) is 9.59 Å². The van der Waals surface area contributed by atoms with Crippen molar-refractivity contribution in [1.82, 2.24) is 10.6 Å². The lowest BCUT2D eigenvalue weighted by Crippen LogP contribution is -2.41. The summed E-state index contributed by atoms with van der Waals surface area (Å²) in [5.41, 5.74) is 0. The highest BCUT2D eigenvalue weighted by Crippen LogP contribution is 2.32. The van der Waals surface area contributed by atoms with E-state index in [1.54, 1.807) is 0 Å². The maximum Gasteiger partial charge on any atom is 0.149 e. The van der Waals surface area contributed by atoms with E-state index >= 15 is 0 Å². The summed E-state index contributed by atoms with van der Waals surface area (Å²) in [5, 5.41) is 9.35. The van der Waals surface area contributed by atoms with Gasteiger partial charge in [0.25, 0.3) is 0 Å². The summed E-state index contributed by atoms with van der Waals surface area (Å²) in [6, 6.07) is 1.05. The molecule has 0 aromatic heterocycles. The number of hydrogen-bond acceptors (Lipinski definition) is 6. The number of hydrogen-bond donors (Lipinski definition) is 2. The highest BCUT2D eigenvalue weighted by Gasteiger charge is 2.21. The van der Waals surface area contributed by atoms with Crippen LogP contribution < -0.4 is 10.6 Å². The Morgan fingerprint density at radius 3 is 1.31 bits per heavy atom. The van der Waals surface area contributed by atoms with Gasteiger partial charge in [0, 0.05) is 39.5 Å². The van der Waals surface area contributed by atoms with Gasteiger partial charge in [0.15, 0.2) is 0 Å². The first-order chi connectivity index (χ1) is 12.2. The number of rotatable bonds is 0. The first-order valence-electron chi connectivity index (χ1n) is 9.94. The molecule has 4 nitrogen and oxygen atoms in total. The van der Waals surface area contributed by atoms with E-state index in [0.717, 1.165) is 23.3 Å². The summed E-state index contributed by atoms with van der Waals surface area (Å²) in [6.07, 6.45) is 3.40. The molecular formula is C20H38N2O2S2. The molecule has 6 heteroatoms. The third-order valence-corrected chi connectivity index (χ3v) is 7.74. The lowest BCUT2D eigenvalue weighted by atomic mass is 9.94. The Hall–Kier alpha value is -0.0400. The molecule has 6 unspecified atom stereocenters. The van der Waals surface area contributed by atoms with E-state index in [0.29, 0.717) is 36.7 Å². The van der Waals surface area contributed by atoms with Gasteiger partial charge in [-0.05, 0) is 33.1 Å². The average molecular weight is 403 g/mol. The largest absolute Gasteiger partial charge is 0.307 e. The molecule has 152 valence electrons. The van der Waals surface area contributed by atoms with Crippen molar-refractivity contribution in [2.75, 3.05) is 18.2 Å². The molecule has 3 heterocycles. The van der Waals surface area contributed by atoms with Gasteiger partial charge in [0.1, 0.15) is 11.6 Å². The first kappa shape index (κ1) is 24.0. The van der Waals surface area contributed by atoms with Crippen molar-refractivity contribution in [1.29, 1.82) is 0 Å². The molecule has 0 aromatic rings. The normalized spacial score (nSPS) is 37.8. The van der Waals surface area contributed by atoms with Crippen molar-refractivity contribution in [3.05, 3.63) is 0 Å². The van der Waals surface area contributed by atoms with E-state index in [1.807, 2.05) is 13.8 Å². The quantitative estimate of drug-likeness (QED) is 0.644. The fourth-order valence-corrected chi connectivity index (χ4v) is 6.41. The summed E-state index contributed by atoms with van der Waals surface area (Å²) in [5.74, 6) is 1.27. The molecule has 0 spiro atoms. The monoisotopic (exact) mass is 402 g/mol. The molecule has 0 aliphatic carbocycles. The smallest absolute Gasteiger partial charge is 0.149 e. The molecule has 2 N–H and O–H groups in total. The van der Waals surface area contributed by atoms with Crippen LogP contribution >= 0.6 is 23.5 Å².